The lowest BCUT2D eigenvalue weighted by molar-refractivity contribution is 0.0698. The SMILES string of the molecule is Cc1cc(Br)c(Nc2ccc(N)c(C(=O)O)c2)cc1Cl. The Morgan fingerprint density at radius 3 is 2.70 bits per heavy atom. The fraction of sp³-hybridized carbons (Fsp3) is 0.0714. The number of hydrogen-bond donors (Lipinski definition) is 3. The molecule has 0 unspecified atom stereocenters. The maximum Gasteiger partial charge on any atom is 0.337 e. The smallest absolute Gasteiger partial charge is 0.337 e. The van der Waals surface area contributed by atoms with Crippen LogP contribution in [-0.4, -0.2) is 11.1 Å². The van der Waals surface area contributed by atoms with Crippen molar-refractivity contribution in [3.63, 3.8) is 0 Å². The molecule has 0 aliphatic rings. The van der Waals surface area contributed by atoms with E-state index < -0.39 is 5.97 Å². The Hall–Kier alpha value is -1.72. The molecule has 6 heteroatoms. The molecule has 0 spiro atoms. The highest BCUT2D eigenvalue weighted by atomic mass is 79.9. The van der Waals surface area contributed by atoms with Gasteiger partial charge in [0.25, 0.3) is 0 Å². The second-order valence-corrected chi connectivity index (χ2v) is 5.57. The number of rotatable bonds is 3. The van der Waals surface area contributed by atoms with E-state index in [1.54, 1.807) is 18.2 Å². The van der Waals surface area contributed by atoms with Crippen LogP contribution in [0.3, 0.4) is 0 Å². The van der Waals surface area contributed by atoms with E-state index in [4.69, 9.17) is 22.4 Å². The number of nitrogens with one attached hydrogen (secondary N) is 1. The van der Waals surface area contributed by atoms with E-state index >= 15 is 0 Å². The molecule has 20 heavy (non-hydrogen) atoms. The number of aryl methyl sites for hydroxylation is 1. The maximum atomic E-state index is 11.1. The van der Waals surface area contributed by atoms with Crippen LogP contribution in [0.2, 0.25) is 5.02 Å². The van der Waals surface area contributed by atoms with E-state index in [0.29, 0.717) is 10.7 Å². The van der Waals surface area contributed by atoms with Crippen LogP contribution < -0.4 is 11.1 Å². The standard InChI is InChI=1S/C14H12BrClN2O2/c1-7-4-10(15)13(6-11(7)16)18-8-2-3-12(17)9(5-8)14(19)20/h2-6,18H,17H2,1H3,(H,19,20). The highest BCUT2D eigenvalue weighted by Crippen LogP contribution is 2.32. The molecule has 0 saturated heterocycles. The highest BCUT2D eigenvalue weighted by Gasteiger charge is 2.10. The van der Waals surface area contributed by atoms with Gasteiger partial charge in [-0.3, -0.25) is 0 Å². The van der Waals surface area contributed by atoms with Crippen LogP contribution in [0.1, 0.15) is 15.9 Å². The number of anilines is 3. The first-order chi connectivity index (χ1) is 9.38. The largest absolute Gasteiger partial charge is 0.478 e. The topological polar surface area (TPSA) is 75.3 Å². The Labute approximate surface area is 129 Å². The number of carbonyl (C=O) groups is 1. The summed E-state index contributed by atoms with van der Waals surface area (Å²) >= 11 is 9.52. The van der Waals surface area contributed by atoms with E-state index in [2.05, 4.69) is 21.2 Å². The molecular weight excluding hydrogens is 344 g/mol. The fourth-order valence-electron chi connectivity index (χ4n) is 1.72. The summed E-state index contributed by atoms with van der Waals surface area (Å²) in [6.45, 7) is 1.91. The fourth-order valence-corrected chi connectivity index (χ4v) is 2.44. The zero-order chi connectivity index (χ0) is 14.9. The molecule has 2 aromatic rings. The Morgan fingerprint density at radius 2 is 2.05 bits per heavy atom. The van der Waals surface area contributed by atoms with Crippen LogP contribution >= 0.6 is 27.5 Å². The van der Waals surface area contributed by atoms with Crippen LogP contribution in [0, 0.1) is 6.92 Å². The zero-order valence-corrected chi connectivity index (χ0v) is 12.9. The van der Waals surface area contributed by atoms with Gasteiger partial charge < -0.3 is 16.2 Å². The first-order valence-corrected chi connectivity index (χ1v) is 6.91. The van der Waals surface area contributed by atoms with Gasteiger partial charge in [-0.05, 0) is 58.7 Å². The van der Waals surface area contributed by atoms with Crippen molar-refractivity contribution in [2.45, 2.75) is 6.92 Å². The van der Waals surface area contributed by atoms with Crippen molar-refractivity contribution in [3.8, 4) is 0 Å². The number of aromatic carboxylic acids is 1. The van der Waals surface area contributed by atoms with Crippen molar-refractivity contribution in [1.82, 2.24) is 0 Å². The number of hydrogen-bond acceptors (Lipinski definition) is 3. The summed E-state index contributed by atoms with van der Waals surface area (Å²) in [5, 5.41) is 12.8. The van der Waals surface area contributed by atoms with Crippen molar-refractivity contribution >= 4 is 50.6 Å². The molecule has 2 rings (SSSR count). The molecule has 4 nitrogen and oxygen atoms in total. The van der Waals surface area contributed by atoms with Gasteiger partial charge >= 0.3 is 5.97 Å². The summed E-state index contributed by atoms with van der Waals surface area (Å²) in [5.41, 5.74) is 8.23. The third kappa shape index (κ3) is 3.05. The Bertz CT molecular complexity index is 689. The molecule has 0 bridgehead atoms. The average molecular weight is 356 g/mol. The van der Waals surface area contributed by atoms with Crippen LogP contribution in [0.25, 0.3) is 0 Å². The average Bonchev–Trinajstić information content (AvgIpc) is 2.37. The molecule has 0 radical (unpaired) electrons. The molecular formula is C14H12BrClN2O2. The summed E-state index contributed by atoms with van der Waals surface area (Å²) in [5.74, 6) is -1.06. The summed E-state index contributed by atoms with van der Waals surface area (Å²) in [7, 11) is 0. The van der Waals surface area contributed by atoms with Crippen molar-refractivity contribution < 1.29 is 9.90 Å². The minimum absolute atomic E-state index is 0.0596. The Kier molecular flexibility index (Phi) is 4.20. The van der Waals surface area contributed by atoms with E-state index in [-0.39, 0.29) is 11.3 Å². The van der Waals surface area contributed by atoms with Gasteiger partial charge in [-0.25, -0.2) is 4.79 Å². The Balaban J connectivity index is 2.38. The predicted octanol–water partition coefficient (Wildman–Crippen LogP) is 4.43. The van der Waals surface area contributed by atoms with Gasteiger partial charge in [-0.2, -0.15) is 0 Å². The second-order valence-electron chi connectivity index (χ2n) is 4.31. The maximum absolute atomic E-state index is 11.1. The minimum atomic E-state index is -1.06. The molecule has 0 amide bonds. The number of nitrogen functional groups attached to an aromatic ring is 1. The lowest BCUT2D eigenvalue weighted by atomic mass is 10.1. The second kappa shape index (κ2) is 5.73. The van der Waals surface area contributed by atoms with Crippen LogP contribution in [0.15, 0.2) is 34.8 Å². The van der Waals surface area contributed by atoms with Gasteiger partial charge in [0.15, 0.2) is 0 Å². The lowest BCUT2D eigenvalue weighted by Gasteiger charge is -2.12. The van der Waals surface area contributed by atoms with Crippen molar-refractivity contribution in [1.29, 1.82) is 0 Å². The van der Waals surface area contributed by atoms with Crippen LogP contribution in [-0.2, 0) is 0 Å². The Morgan fingerprint density at radius 1 is 1.35 bits per heavy atom. The first kappa shape index (κ1) is 14.7. The van der Waals surface area contributed by atoms with Gasteiger partial charge in [0.1, 0.15) is 0 Å². The van der Waals surface area contributed by atoms with E-state index in [0.717, 1.165) is 15.7 Å². The lowest BCUT2D eigenvalue weighted by Crippen LogP contribution is -2.03. The van der Waals surface area contributed by atoms with Crippen molar-refractivity contribution in [2.24, 2.45) is 0 Å². The number of benzene rings is 2. The third-order valence-electron chi connectivity index (χ3n) is 2.81. The van der Waals surface area contributed by atoms with Gasteiger partial charge in [-0.15, -0.1) is 0 Å². The molecule has 0 fully saturated rings. The number of halogens is 2. The van der Waals surface area contributed by atoms with Crippen LogP contribution in [0.5, 0.6) is 0 Å². The summed E-state index contributed by atoms with van der Waals surface area (Å²) in [6.07, 6.45) is 0. The van der Waals surface area contributed by atoms with Crippen LogP contribution in [0.4, 0.5) is 17.1 Å². The third-order valence-corrected chi connectivity index (χ3v) is 3.87. The van der Waals surface area contributed by atoms with Crippen molar-refractivity contribution in [3.05, 3.63) is 51.0 Å². The molecule has 0 saturated carbocycles. The molecule has 0 atom stereocenters. The monoisotopic (exact) mass is 354 g/mol. The van der Waals surface area contributed by atoms with Gasteiger partial charge in [-0.1, -0.05) is 11.6 Å². The summed E-state index contributed by atoms with van der Waals surface area (Å²) < 4.78 is 0.841. The van der Waals surface area contributed by atoms with E-state index in [1.807, 2.05) is 13.0 Å². The quantitative estimate of drug-likeness (QED) is 0.712. The summed E-state index contributed by atoms with van der Waals surface area (Å²) in [4.78, 5) is 11.1. The molecule has 0 aromatic heterocycles. The molecule has 104 valence electrons. The number of carboxylic acids is 1. The molecule has 0 heterocycles. The predicted molar refractivity (Wildman–Crippen MR) is 85.0 cm³/mol. The van der Waals surface area contributed by atoms with Gasteiger partial charge in [0, 0.05) is 20.9 Å². The summed E-state index contributed by atoms with van der Waals surface area (Å²) in [6, 6.07) is 8.41. The highest BCUT2D eigenvalue weighted by molar-refractivity contribution is 9.10. The molecule has 0 aliphatic carbocycles. The van der Waals surface area contributed by atoms with Gasteiger partial charge in [0.05, 0.1) is 11.3 Å². The number of carboxylic acid groups (broad SMARTS) is 1. The minimum Gasteiger partial charge on any atom is -0.478 e. The zero-order valence-electron chi connectivity index (χ0n) is 10.6. The van der Waals surface area contributed by atoms with E-state index in [1.165, 1.54) is 6.07 Å². The normalized spacial score (nSPS) is 10.3. The van der Waals surface area contributed by atoms with Gasteiger partial charge in [0.2, 0.25) is 0 Å². The van der Waals surface area contributed by atoms with E-state index in [9.17, 15) is 4.79 Å². The molecule has 0 aliphatic heterocycles. The molecule has 4 N–H and O–H groups in total. The molecule has 2 aromatic carbocycles. The van der Waals surface area contributed by atoms with Crippen molar-refractivity contribution in [2.75, 3.05) is 11.1 Å². The first-order valence-electron chi connectivity index (χ1n) is 5.74. The number of nitrogens with two attached hydrogens (primary N) is 1.